The summed E-state index contributed by atoms with van der Waals surface area (Å²) >= 11 is 12.8. The third-order valence-corrected chi connectivity index (χ3v) is 3.09. The molecule has 2 nitrogen and oxygen atoms in total. The van der Waals surface area contributed by atoms with Crippen LogP contribution in [0, 0.1) is 3.70 Å². The minimum absolute atomic E-state index is 0.0611. The highest BCUT2D eigenvalue weighted by molar-refractivity contribution is 14.1. The van der Waals surface area contributed by atoms with Crippen molar-refractivity contribution in [1.29, 1.82) is 0 Å². The molecule has 0 spiro atoms. The van der Waals surface area contributed by atoms with Crippen molar-refractivity contribution in [3.05, 3.63) is 19.9 Å². The van der Waals surface area contributed by atoms with Crippen LogP contribution in [-0.4, -0.2) is 11.3 Å². The molecule has 0 saturated heterocycles. The fourth-order valence-corrected chi connectivity index (χ4v) is 1.51. The molecule has 0 aromatic carbocycles. The Hall–Kier alpha value is 0.0500. The second-order valence-corrected chi connectivity index (χ2v) is 3.87. The van der Waals surface area contributed by atoms with Gasteiger partial charge in [-0.05, 0) is 22.6 Å². The average Bonchev–Trinajstić information content (AvgIpc) is 2.04. The van der Waals surface area contributed by atoms with E-state index < -0.39 is 12.1 Å². The van der Waals surface area contributed by atoms with Crippen LogP contribution in [0.15, 0.2) is 6.20 Å². The van der Waals surface area contributed by atoms with Crippen molar-refractivity contribution >= 4 is 45.8 Å². The highest BCUT2D eigenvalue weighted by Crippen LogP contribution is 2.36. The molecule has 0 fully saturated rings. The SMILES string of the molecule is FC(F)(F)Oc1cnc(I)c(Cl)c1Cl. The van der Waals surface area contributed by atoms with Crippen LogP contribution in [0.3, 0.4) is 0 Å². The van der Waals surface area contributed by atoms with Gasteiger partial charge in [-0.25, -0.2) is 4.98 Å². The number of pyridine rings is 1. The van der Waals surface area contributed by atoms with E-state index >= 15 is 0 Å². The molecule has 1 aromatic rings. The molecular formula is C6HCl2F3INO. The largest absolute Gasteiger partial charge is 0.573 e. The lowest BCUT2D eigenvalue weighted by Gasteiger charge is -2.10. The fraction of sp³-hybridized carbons (Fsp3) is 0.167. The van der Waals surface area contributed by atoms with Gasteiger partial charge in [0.15, 0.2) is 5.75 Å². The number of ether oxygens (including phenoxy) is 1. The summed E-state index contributed by atoms with van der Waals surface area (Å²) < 4.78 is 39.3. The zero-order valence-electron chi connectivity index (χ0n) is 6.20. The van der Waals surface area contributed by atoms with Crippen molar-refractivity contribution < 1.29 is 17.9 Å². The van der Waals surface area contributed by atoms with E-state index in [1.54, 1.807) is 22.6 Å². The number of rotatable bonds is 1. The van der Waals surface area contributed by atoms with Gasteiger partial charge in [-0.3, -0.25) is 0 Å². The van der Waals surface area contributed by atoms with Crippen LogP contribution in [0.1, 0.15) is 0 Å². The molecule has 0 unspecified atom stereocenters. The van der Waals surface area contributed by atoms with Crippen molar-refractivity contribution in [2.24, 2.45) is 0 Å². The molecule has 1 heterocycles. The maximum Gasteiger partial charge on any atom is 0.573 e. The monoisotopic (exact) mass is 357 g/mol. The molecule has 0 bridgehead atoms. The van der Waals surface area contributed by atoms with Gasteiger partial charge in [0.05, 0.1) is 11.2 Å². The molecule has 78 valence electrons. The lowest BCUT2D eigenvalue weighted by Crippen LogP contribution is -2.17. The van der Waals surface area contributed by atoms with Crippen LogP contribution in [0.5, 0.6) is 5.75 Å². The predicted molar refractivity (Wildman–Crippen MR) is 53.7 cm³/mol. The quantitative estimate of drug-likeness (QED) is 0.562. The van der Waals surface area contributed by atoms with Crippen LogP contribution >= 0.6 is 45.8 Å². The molecule has 0 N–H and O–H groups in total. The normalized spacial score (nSPS) is 11.6. The Morgan fingerprint density at radius 2 is 1.86 bits per heavy atom. The van der Waals surface area contributed by atoms with Crippen LogP contribution < -0.4 is 4.74 Å². The van der Waals surface area contributed by atoms with Gasteiger partial charge in [0.1, 0.15) is 8.72 Å². The van der Waals surface area contributed by atoms with E-state index in [-0.39, 0.29) is 10.0 Å². The number of hydrogen-bond acceptors (Lipinski definition) is 2. The van der Waals surface area contributed by atoms with Crippen LogP contribution in [0.25, 0.3) is 0 Å². The molecule has 1 aromatic heterocycles. The van der Waals surface area contributed by atoms with E-state index in [0.29, 0.717) is 3.70 Å². The number of halogens is 6. The Bertz CT molecular complexity index is 358. The predicted octanol–water partition coefficient (Wildman–Crippen LogP) is 3.89. The molecule has 0 aliphatic heterocycles. The van der Waals surface area contributed by atoms with Gasteiger partial charge >= 0.3 is 6.36 Å². The van der Waals surface area contributed by atoms with Crippen LogP contribution in [-0.2, 0) is 0 Å². The Morgan fingerprint density at radius 3 is 2.36 bits per heavy atom. The molecule has 0 amide bonds. The van der Waals surface area contributed by atoms with Gasteiger partial charge in [-0.1, -0.05) is 23.2 Å². The minimum atomic E-state index is -4.80. The first-order valence-electron chi connectivity index (χ1n) is 3.06. The van der Waals surface area contributed by atoms with E-state index in [0.717, 1.165) is 6.20 Å². The van der Waals surface area contributed by atoms with Gasteiger partial charge in [-0.2, -0.15) is 0 Å². The number of hydrogen-bond donors (Lipinski definition) is 0. The standard InChI is InChI=1S/C6HCl2F3INO/c7-3-2(14-6(9,10)11)1-13-5(12)4(3)8/h1H. The van der Waals surface area contributed by atoms with Crippen LogP contribution in [0.4, 0.5) is 13.2 Å². The third-order valence-electron chi connectivity index (χ3n) is 1.11. The maximum atomic E-state index is 11.8. The first-order valence-corrected chi connectivity index (χ1v) is 4.90. The number of nitrogens with zero attached hydrogens (tertiary/aromatic N) is 1. The van der Waals surface area contributed by atoms with Crippen molar-refractivity contribution in [3.8, 4) is 5.75 Å². The summed E-state index contributed by atoms with van der Waals surface area (Å²) in [5.74, 6) is -0.607. The van der Waals surface area contributed by atoms with Gasteiger partial charge in [0.2, 0.25) is 0 Å². The molecule has 0 aliphatic rings. The van der Waals surface area contributed by atoms with E-state index in [1.807, 2.05) is 0 Å². The third kappa shape index (κ3) is 3.03. The lowest BCUT2D eigenvalue weighted by atomic mass is 10.4. The maximum absolute atomic E-state index is 11.8. The molecule has 0 saturated carbocycles. The zero-order chi connectivity index (χ0) is 10.9. The second-order valence-electron chi connectivity index (χ2n) is 2.09. The molecule has 1 rings (SSSR count). The Morgan fingerprint density at radius 1 is 1.29 bits per heavy atom. The number of alkyl halides is 3. The lowest BCUT2D eigenvalue weighted by molar-refractivity contribution is -0.274. The van der Waals surface area contributed by atoms with E-state index in [1.165, 1.54) is 0 Å². The Labute approximate surface area is 100 Å². The number of aromatic nitrogens is 1. The topological polar surface area (TPSA) is 22.1 Å². The summed E-state index contributed by atoms with van der Waals surface area (Å²) in [5, 5.41) is -0.364. The van der Waals surface area contributed by atoms with Gasteiger partial charge in [0, 0.05) is 0 Å². The smallest absolute Gasteiger partial charge is 0.402 e. The Balaban J connectivity index is 3.06. The van der Waals surface area contributed by atoms with Gasteiger partial charge < -0.3 is 4.74 Å². The first-order chi connectivity index (χ1) is 6.31. The summed E-state index contributed by atoms with van der Waals surface area (Å²) in [6.45, 7) is 0. The summed E-state index contributed by atoms with van der Waals surface area (Å²) in [4.78, 5) is 3.57. The summed E-state index contributed by atoms with van der Waals surface area (Å²) in [6, 6.07) is 0. The zero-order valence-corrected chi connectivity index (χ0v) is 9.87. The molecular weight excluding hydrogens is 357 g/mol. The van der Waals surface area contributed by atoms with Crippen LogP contribution in [0.2, 0.25) is 10.0 Å². The summed E-state index contributed by atoms with van der Waals surface area (Å²) in [5.41, 5.74) is 0. The van der Waals surface area contributed by atoms with Gasteiger partial charge in [-0.15, -0.1) is 13.2 Å². The second kappa shape index (κ2) is 4.28. The van der Waals surface area contributed by atoms with Crippen molar-refractivity contribution in [3.63, 3.8) is 0 Å². The van der Waals surface area contributed by atoms with Crippen molar-refractivity contribution in [1.82, 2.24) is 4.98 Å². The van der Waals surface area contributed by atoms with E-state index in [2.05, 4.69) is 9.72 Å². The fourth-order valence-electron chi connectivity index (χ4n) is 0.623. The summed E-state index contributed by atoms with van der Waals surface area (Å²) in [6.07, 6.45) is -3.94. The minimum Gasteiger partial charge on any atom is -0.402 e. The molecule has 8 heteroatoms. The molecule has 14 heavy (non-hydrogen) atoms. The molecule has 0 radical (unpaired) electrons. The highest BCUT2D eigenvalue weighted by Gasteiger charge is 2.32. The van der Waals surface area contributed by atoms with Gasteiger partial charge in [0.25, 0.3) is 0 Å². The summed E-state index contributed by atoms with van der Waals surface area (Å²) in [7, 11) is 0. The molecule has 0 aliphatic carbocycles. The highest BCUT2D eigenvalue weighted by atomic mass is 127. The van der Waals surface area contributed by atoms with Crippen molar-refractivity contribution in [2.45, 2.75) is 6.36 Å². The molecule has 0 atom stereocenters. The van der Waals surface area contributed by atoms with E-state index in [4.69, 9.17) is 23.2 Å². The average molecular weight is 358 g/mol. The van der Waals surface area contributed by atoms with Crippen molar-refractivity contribution in [2.75, 3.05) is 0 Å². The van der Waals surface area contributed by atoms with E-state index in [9.17, 15) is 13.2 Å². The Kier molecular flexibility index (Phi) is 3.70. The first kappa shape index (κ1) is 12.1.